The average molecular weight is 473 g/mol. The first-order chi connectivity index (χ1) is 14.4. The first kappa shape index (κ1) is 28.6. The number of rotatable bonds is 14. The Hall–Kier alpha value is -0.414. The van der Waals surface area contributed by atoms with Gasteiger partial charge in [-0.3, -0.25) is 4.55 Å². The molecule has 1 N–H and O–H groups in total. The van der Waals surface area contributed by atoms with E-state index in [0.717, 1.165) is 25.3 Å². The maximum absolute atomic E-state index is 12.2. The van der Waals surface area contributed by atoms with Crippen molar-refractivity contribution in [3.8, 4) is 17.2 Å². The molecule has 0 saturated heterocycles. The van der Waals surface area contributed by atoms with Gasteiger partial charge in [0.15, 0.2) is 0 Å². The molecule has 0 spiro atoms. The fourth-order valence-electron chi connectivity index (χ4n) is 3.49. The average Bonchev–Trinajstić information content (AvgIpc) is 2.70. The van der Waals surface area contributed by atoms with Crippen LogP contribution in [0.3, 0.4) is 0 Å². The standard InChI is InChI=1S/C24H34O5S.K/c1-2-3-4-5-6-7-8-9-10-12-15-20-18-24(30(26,27)28)22(25)19-23(20)29-21-16-13-11-14-17-21;/h11,13-14,16-19,25H,2-10,12,15H2,1H3,(H,26,27,28);/q;+1/p-1. The number of hydrogen-bond donors (Lipinski definition) is 1. The SMILES string of the molecule is CCCCCCCCCCCCc1cc(S(=O)(=O)O)c([O-])cc1Oc1ccccc1.[K+]. The molecule has 5 nitrogen and oxygen atoms in total. The molecule has 0 unspecified atom stereocenters. The largest absolute Gasteiger partial charge is 1.00 e. The summed E-state index contributed by atoms with van der Waals surface area (Å²) in [5, 5.41) is 12.2. The molecular formula is C24H33KO5S. The molecule has 0 saturated carbocycles. The summed E-state index contributed by atoms with van der Waals surface area (Å²) in [6.07, 6.45) is 12.6. The molecule has 0 fully saturated rings. The van der Waals surface area contributed by atoms with Crippen LogP contribution in [-0.2, 0) is 16.5 Å². The molecule has 0 bridgehead atoms. The molecule has 0 atom stereocenters. The van der Waals surface area contributed by atoms with Crippen LogP contribution in [-0.4, -0.2) is 13.0 Å². The van der Waals surface area contributed by atoms with Gasteiger partial charge in [-0.2, -0.15) is 8.42 Å². The molecule has 0 heterocycles. The van der Waals surface area contributed by atoms with Gasteiger partial charge in [-0.15, -0.1) is 0 Å². The van der Waals surface area contributed by atoms with Crippen molar-refractivity contribution in [3.05, 3.63) is 48.0 Å². The van der Waals surface area contributed by atoms with Crippen molar-refractivity contribution in [2.75, 3.05) is 0 Å². The second-order valence-electron chi connectivity index (χ2n) is 7.73. The van der Waals surface area contributed by atoms with Gasteiger partial charge in [0.2, 0.25) is 0 Å². The molecule has 0 radical (unpaired) electrons. The van der Waals surface area contributed by atoms with Crippen molar-refractivity contribution in [1.82, 2.24) is 0 Å². The van der Waals surface area contributed by atoms with Crippen LogP contribution in [0.4, 0.5) is 0 Å². The monoisotopic (exact) mass is 472 g/mol. The zero-order chi connectivity index (χ0) is 21.8. The fraction of sp³-hybridized carbons (Fsp3) is 0.500. The molecule has 0 aliphatic carbocycles. The smallest absolute Gasteiger partial charge is 0.871 e. The maximum atomic E-state index is 12.2. The van der Waals surface area contributed by atoms with E-state index in [0.29, 0.717) is 23.5 Å². The Morgan fingerprint density at radius 2 is 1.42 bits per heavy atom. The van der Waals surface area contributed by atoms with Crippen LogP contribution >= 0.6 is 0 Å². The Morgan fingerprint density at radius 1 is 0.871 bits per heavy atom. The summed E-state index contributed by atoms with van der Waals surface area (Å²) in [4.78, 5) is -0.593. The van der Waals surface area contributed by atoms with E-state index in [9.17, 15) is 18.1 Å². The molecule has 0 aliphatic rings. The van der Waals surface area contributed by atoms with E-state index < -0.39 is 20.8 Å². The number of benzene rings is 2. The normalized spacial score (nSPS) is 11.2. The molecule has 7 heteroatoms. The summed E-state index contributed by atoms with van der Waals surface area (Å²) in [7, 11) is -4.57. The van der Waals surface area contributed by atoms with Crippen molar-refractivity contribution in [3.63, 3.8) is 0 Å². The number of hydrogen-bond acceptors (Lipinski definition) is 4. The minimum absolute atomic E-state index is 0. The van der Waals surface area contributed by atoms with Crippen LogP contribution in [0, 0.1) is 0 Å². The molecule has 166 valence electrons. The second-order valence-corrected chi connectivity index (χ2v) is 9.12. The summed E-state index contributed by atoms with van der Waals surface area (Å²) in [5.74, 6) is 0.144. The Balaban J connectivity index is 0.00000480. The Kier molecular flexibility index (Phi) is 14.2. The van der Waals surface area contributed by atoms with E-state index >= 15 is 0 Å². The van der Waals surface area contributed by atoms with E-state index in [4.69, 9.17) is 4.74 Å². The fourth-order valence-corrected chi connectivity index (χ4v) is 4.10. The maximum Gasteiger partial charge on any atom is 1.00 e. The third kappa shape index (κ3) is 10.8. The van der Waals surface area contributed by atoms with Crippen molar-refractivity contribution in [2.24, 2.45) is 0 Å². The molecule has 2 aromatic rings. The van der Waals surface area contributed by atoms with Gasteiger partial charge in [-0.25, -0.2) is 0 Å². The second kappa shape index (κ2) is 15.4. The molecule has 0 amide bonds. The van der Waals surface area contributed by atoms with Gasteiger partial charge in [0, 0.05) is 0 Å². The number of aryl methyl sites for hydroxylation is 1. The minimum atomic E-state index is -4.57. The van der Waals surface area contributed by atoms with Gasteiger partial charge in [-0.05, 0) is 42.7 Å². The number of unbranched alkanes of at least 4 members (excludes halogenated alkanes) is 9. The van der Waals surface area contributed by atoms with E-state index in [1.807, 2.05) is 18.2 Å². The molecule has 0 aromatic heterocycles. The van der Waals surface area contributed by atoms with Crippen LogP contribution < -0.4 is 61.2 Å². The van der Waals surface area contributed by atoms with Gasteiger partial charge in [0.05, 0.1) is 4.90 Å². The molecular weight excluding hydrogens is 439 g/mol. The van der Waals surface area contributed by atoms with Gasteiger partial charge >= 0.3 is 51.4 Å². The topological polar surface area (TPSA) is 86.7 Å². The van der Waals surface area contributed by atoms with Crippen LogP contribution in [0.5, 0.6) is 17.2 Å². The van der Waals surface area contributed by atoms with Gasteiger partial charge in [0.25, 0.3) is 10.1 Å². The van der Waals surface area contributed by atoms with Crippen molar-refractivity contribution >= 4 is 10.1 Å². The molecule has 2 rings (SSSR count). The predicted octanol–water partition coefficient (Wildman–Crippen LogP) is 3.27. The third-order valence-electron chi connectivity index (χ3n) is 5.18. The van der Waals surface area contributed by atoms with Crippen molar-refractivity contribution < 1.29 is 74.2 Å². The molecule has 2 aromatic carbocycles. The summed E-state index contributed by atoms with van der Waals surface area (Å²) in [6, 6.07) is 11.4. The van der Waals surface area contributed by atoms with Crippen LogP contribution in [0.1, 0.15) is 76.7 Å². The zero-order valence-corrected chi connectivity index (χ0v) is 22.7. The number of para-hydroxylation sites is 1. The van der Waals surface area contributed by atoms with E-state index in [1.54, 1.807) is 12.1 Å². The van der Waals surface area contributed by atoms with E-state index in [2.05, 4.69) is 6.92 Å². The van der Waals surface area contributed by atoms with Gasteiger partial charge in [0.1, 0.15) is 11.5 Å². The van der Waals surface area contributed by atoms with Crippen molar-refractivity contribution in [2.45, 2.75) is 82.4 Å². The Labute approximate surface area is 229 Å². The van der Waals surface area contributed by atoms with Crippen LogP contribution in [0.15, 0.2) is 47.4 Å². The Bertz CT molecular complexity index is 869. The van der Waals surface area contributed by atoms with Gasteiger partial charge in [-0.1, -0.05) is 88.7 Å². The quantitative estimate of drug-likeness (QED) is 0.259. The zero-order valence-electron chi connectivity index (χ0n) is 18.8. The molecule has 0 aliphatic heterocycles. The van der Waals surface area contributed by atoms with Crippen LogP contribution in [0.2, 0.25) is 0 Å². The van der Waals surface area contributed by atoms with E-state index in [-0.39, 0.29) is 51.4 Å². The predicted molar refractivity (Wildman–Crippen MR) is 118 cm³/mol. The van der Waals surface area contributed by atoms with Crippen molar-refractivity contribution in [1.29, 1.82) is 0 Å². The summed E-state index contributed by atoms with van der Waals surface area (Å²) < 4.78 is 38.2. The van der Waals surface area contributed by atoms with Gasteiger partial charge < -0.3 is 9.84 Å². The molecule has 31 heavy (non-hydrogen) atoms. The number of ether oxygens (including phenoxy) is 1. The third-order valence-corrected chi connectivity index (χ3v) is 6.05. The summed E-state index contributed by atoms with van der Waals surface area (Å²) >= 11 is 0. The van der Waals surface area contributed by atoms with E-state index in [1.165, 1.54) is 51.0 Å². The summed E-state index contributed by atoms with van der Waals surface area (Å²) in [5.41, 5.74) is 0.616. The minimum Gasteiger partial charge on any atom is -0.871 e. The first-order valence-electron chi connectivity index (χ1n) is 11.0. The van der Waals surface area contributed by atoms with Crippen LogP contribution in [0.25, 0.3) is 0 Å². The first-order valence-corrected chi connectivity index (χ1v) is 12.4. The Morgan fingerprint density at radius 3 is 1.97 bits per heavy atom. The summed E-state index contributed by atoms with van der Waals surface area (Å²) in [6.45, 7) is 2.22.